The molecule has 0 spiro atoms. The van der Waals surface area contributed by atoms with E-state index in [0.717, 1.165) is 0 Å². The van der Waals surface area contributed by atoms with Crippen molar-refractivity contribution in [3.63, 3.8) is 0 Å². The molecule has 0 saturated carbocycles. The van der Waals surface area contributed by atoms with Gasteiger partial charge in [-0.2, -0.15) is 0 Å². The van der Waals surface area contributed by atoms with Crippen LogP contribution in [0.4, 0.5) is 5.69 Å². The van der Waals surface area contributed by atoms with Crippen molar-refractivity contribution in [1.29, 1.82) is 0 Å². The van der Waals surface area contributed by atoms with Gasteiger partial charge in [0.2, 0.25) is 0 Å². The predicted octanol–water partition coefficient (Wildman–Crippen LogP) is 1.10. The lowest BCUT2D eigenvalue weighted by Crippen LogP contribution is -2.00. The molecular weight excluding hydrogens is 202 g/mol. The van der Waals surface area contributed by atoms with Gasteiger partial charge in [-0.1, -0.05) is 11.6 Å². The minimum absolute atomic E-state index is 0.0766. The highest BCUT2D eigenvalue weighted by Crippen LogP contribution is 2.25. The zero-order chi connectivity index (χ0) is 9.14. The third kappa shape index (κ3) is 2.37. The summed E-state index contributed by atoms with van der Waals surface area (Å²) in [6.07, 6.45) is 0. The third-order valence-electron chi connectivity index (χ3n) is 1.13. The second kappa shape index (κ2) is 3.75. The van der Waals surface area contributed by atoms with Crippen LogP contribution in [0.3, 0.4) is 0 Å². The maximum Gasteiger partial charge on any atom is 0.162 e. The van der Waals surface area contributed by atoms with E-state index < -0.39 is 11.4 Å². The molecule has 0 amide bonds. The second-order valence-electron chi connectivity index (χ2n) is 1.97. The number of halogens is 1. The largest absolute Gasteiger partial charge is 0.740 e. The van der Waals surface area contributed by atoms with Gasteiger partial charge >= 0.3 is 0 Å². The smallest absolute Gasteiger partial charge is 0.162 e. The van der Waals surface area contributed by atoms with E-state index in [1.54, 1.807) is 0 Å². The third-order valence-corrected chi connectivity index (χ3v) is 1.68. The normalized spacial score (nSPS) is 12.5. The minimum Gasteiger partial charge on any atom is -0.740 e. The van der Waals surface area contributed by atoms with Gasteiger partial charge in [0.15, 0.2) is 5.75 Å². The van der Waals surface area contributed by atoms with E-state index in [9.17, 15) is 8.76 Å². The summed E-state index contributed by atoms with van der Waals surface area (Å²) in [6, 6.07) is 4.28. The van der Waals surface area contributed by atoms with Gasteiger partial charge in [-0.25, -0.2) is 4.21 Å². The Balaban J connectivity index is 2.93. The molecule has 0 heterocycles. The summed E-state index contributed by atoms with van der Waals surface area (Å²) in [5.74, 6) is 0.0766. The molecule has 0 saturated heterocycles. The lowest BCUT2D eigenvalue weighted by Gasteiger charge is -2.08. The van der Waals surface area contributed by atoms with Crippen LogP contribution in [-0.4, -0.2) is 8.76 Å². The fraction of sp³-hybridized carbons (Fsp3) is 0. The summed E-state index contributed by atoms with van der Waals surface area (Å²) < 4.78 is 24.5. The first kappa shape index (κ1) is 9.31. The average molecular weight is 207 g/mol. The van der Waals surface area contributed by atoms with Crippen molar-refractivity contribution < 1.29 is 12.9 Å². The van der Waals surface area contributed by atoms with Gasteiger partial charge in [-0.15, -0.1) is 0 Å². The van der Waals surface area contributed by atoms with Crippen LogP contribution in [0.1, 0.15) is 0 Å². The lowest BCUT2D eigenvalue weighted by atomic mass is 10.3. The van der Waals surface area contributed by atoms with Gasteiger partial charge in [-0.3, -0.25) is 0 Å². The Bertz CT molecular complexity index is 318. The quantitative estimate of drug-likeness (QED) is 0.581. The Morgan fingerprint density at radius 3 is 2.75 bits per heavy atom. The summed E-state index contributed by atoms with van der Waals surface area (Å²) in [5.41, 5.74) is 5.57. The Hall–Kier alpha value is -0.780. The molecule has 0 aromatic heterocycles. The average Bonchev–Trinajstić information content (AvgIpc) is 1.94. The van der Waals surface area contributed by atoms with Crippen molar-refractivity contribution in [2.45, 2.75) is 0 Å². The Labute approximate surface area is 76.8 Å². The molecule has 12 heavy (non-hydrogen) atoms. The summed E-state index contributed by atoms with van der Waals surface area (Å²) >= 11 is 2.96. The van der Waals surface area contributed by atoms with Crippen molar-refractivity contribution in [2.75, 3.05) is 5.73 Å². The Morgan fingerprint density at radius 1 is 1.58 bits per heavy atom. The van der Waals surface area contributed by atoms with Crippen LogP contribution >= 0.6 is 11.6 Å². The number of benzene rings is 1. The first-order valence-corrected chi connectivity index (χ1v) is 4.30. The Kier molecular flexibility index (Phi) is 2.91. The predicted molar refractivity (Wildman–Crippen MR) is 45.4 cm³/mol. The van der Waals surface area contributed by atoms with E-state index in [4.69, 9.17) is 17.3 Å². The van der Waals surface area contributed by atoms with Crippen molar-refractivity contribution in [2.24, 2.45) is 0 Å². The zero-order valence-electron chi connectivity index (χ0n) is 5.82. The van der Waals surface area contributed by atoms with Crippen LogP contribution in [0.25, 0.3) is 0 Å². The topological polar surface area (TPSA) is 75.4 Å². The maximum absolute atomic E-state index is 10.1. The molecule has 1 rings (SSSR count). The van der Waals surface area contributed by atoms with Gasteiger partial charge in [0, 0.05) is 5.02 Å². The van der Waals surface area contributed by atoms with E-state index in [0.29, 0.717) is 5.02 Å². The number of hydrogen-bond acceptors (Lipinski definition) is 4. The molecule has 0 bridgehead atoms. The summed E-state index contributed by atoms with van der Waals surface area (Å²) in [4.78, 5) is 0. The van der Waals surface area contributed by atoms with Crippen molar-refractivity contribution >= 4 is 28.6 Å². The molecular formula is C6H5ClNO3S-. The van der Waals surface area contributed by atoms with Gasteiger partial charge in [0.1, 0.15) is 11.4 Å². The first-order valence-electron chi connectivity index (χ1n) is 2.92. The molecule has 6 heteroatoms. The highest BCUT2D eigenvalue weighted by atomic mass is 35.5. The van der Waals surface area contributed by atoms with Crippen LogP contribution in [0.2, 0.25) is 5.02 Å². The maximum atomic E-state index is 10.1. The fourth-order valence-electron chi connectivity index (χ4n) is 0.669. The molecule has 1 aromatic rings. The SMILES string of the molecule is Nc1cc(Cl)ccc1OS(=O)[O-]. The number of hydrogen-bond donors (Lipinski definition) is 1. The molecule has 1 aromatic carbocycles. The van der Waals surface area contributed by atoms with E-state index in [1.807, 2.05) is 0 Å². The highest BCUT2D eigenvalue weighted by Gasteiger charge is 2.00. The number of rotatable bonds is 2. The van der Waals surface area contributed by atoms with Crippen LogP contribution in [0.5, 0.6) is 5.75 Å². The molecule has 1 atom stereocenters. The van der Waals surface area contributed by atoms with E-state index in [1.165, 1.54) is 18.2 Å². The zero-order valence-corrected chi connectivity index (χ0v) is 7.39. The van der Waals surface area contributed by atoms with Crippen LogP contribution in [0.15, 0.2) is 18.2 Å². The van der Waals surface area contributed by atoms with Crippen LogP contribution < -0.4 is 9.92 Å². The fourth-order valence-corrected chi connectivity index (χ4v) is 1.15. The monoisotopic (exact) mass is 206 g/mol. The molecule has 66 valence electrons. The lowest BCUT2D eigenvalue weighted by molar-refractivity contribution is 0.441. The van der Waals surface area contributed by atoms with E-state index in [2.05, 4.69) is 4.18 Å². The summed E-state index contributed by atoms with van der Waals surface area (Å²) in [7, 11) is 0. The molecule has 0 aliphatic carbocycles. The van der Waals surface area contributed by atoms with E-state index in [-0.39, 0.29) is 11.4 Å². The summed E-state index contributed by atoms with van der Waals surface area (Å²) in [6.45, 7) is 0. The van der Waals surface area contributed by atoms with Crippen molar-refractivity contribution in [3.8, 4) is 5.75 Å². The molecule has 2 N–H and O–H groups in total. The molecule has 0 radical (unpaired) electrons. The van der Waals surface area contributed by atoms with Crippen molar-refractivity contribution in [1.82, 2.24) is 0 Å². The number of nitrogen functional groups attached to an aromatic ring is 1. The van der Waals surface area contributed by atoms with Gasteiger partial charge in [0.25, 0.3) is 0 Å². The number of anilines is 1. The summed E-state index contributed by atoms with van der Waals surface area (Å²) in [5, 5.41) is 0.427. The molecule has 0 fully saturated rings. The molecule has 0 aliphatic heterocycles. The standard InChI is InChI=1S/C6H6ClNO3S/c7-4-1-2-6(5(8)3-4)11-12(9)10/h1-3H,8H2,(H,9,10)/p-1. The number of nitrogens with two attached hydrogens (primary N) is 1. The Morgan fingerprint density at radius 2 is 2.25 bits per heavy atom. The van der Waals surface area contributed by atoms with Gasteiger partial charge < -0.3 is 14.5 Å². The molecule has 1 unspecified atom stereocenters. The van der Waals surface area contributed by atoms with Gasteiger partial charge in [0.05, 0.1) is 5.69 Å². The van der Waals surface area contributed by atoms with Crippen molar-refractivity contribution in [3.05, 3.63) is 23.2 Å². The highest BCUT2D eigenvalue weighted by molar-refractivity contribution is 7.74. The molecule has 0 aliphatic rings. The minimum atomic E-state index is -2.61. The first-order chi connectivity index (χ1) is 5.59. The van der Waals surface area contributed by atoms with Crippen LogP contribution in [0, 0.1) is 0 Å². The van der Waals surface area contributed by atoms with Crippen LogP contribution in [-0.2, 0) is 11.4 Å². The second-order valence-corrected chi connectivity index (χ2v) is 2.98. The van der Waals surface area contributed by atoms with E-state index >= 15 is 0 Å². The van der Waals surface area contributed by atoms with Gasteiger partial charge in [-0.05, 0) is 18.2 Å². The molecule has 4 nitrogen and oxygen atoms in total.